The zero-order valence-electron chi connectivity index (χ0n) is 14.9. The quantitative estimate of drug-likeness (QED) is 0.885. The number of halogens is 1. The Hall–Kier alpha value is -2.60. The molecule has 2 aromatic rings. The number of nitrogens with zero attached hydrogens (tertiary/aromatic N) is 2. The molecule has 3 rings (SSSR count). The number of piperazine rings is 1. The Morgan fingerprint density at radius 1 is 1.00 bits per heavy atom. The summed E-state index contributed by atoms with van der Waals surface area (Å²) in [4.78, 5) is 16.6. The summed E-state index contributed by atoms with van der Waals surface area (Å²) in [6.07, 6.45) is 0. The van der Waals surface area contributed by atoms with Gasteiger partial charge in [-0.3, -0.25) is 0 Å². The van der Waals surface area contributed by atoms with Crippen molar-refractivity contribution in [1.29, 1.82) is 0 Å². The van der Waals surface area contributed by atoms with Crippen molar-refractivity contribution in [2.24, 2.45) is 0 Å². The van der Waals surface area contributed by atoms with E-state index < -0.39 is 0 Å². The van der Waals surface area contributed by atoms with Crippen molar-refractivity contribution in [3.05, 3.63) is 47.5 Å². The van der Waals surface area contributed by atoms with Gasteiger partial charge in [0, 0.05) is 36.9 Å². The third kappa shape index (κ3) is 4.14. The molecular weight excluding hydrogens is 354 g/mol. The maximum absolute atomic E-state index is 12.6. The summed E-state index contributed by atoms with van der Waals surface area (Å²) < 4.78 is 10.5. The molecule has 1 N–H and O–H groups in total. The number of hydrogen-bond donors (Lipinski definition) is 1. The molecule has 1 saturated heterocycles. The Kier molecular flexibility index (Phi) is 5.73. The molecule has 1 fully saturated rings. The Bertz CT molecular complexity index is 759. The van der Waals surface area contributed by atoms with Crippen LogP contribution in [0.15, 0.2) is 42.5 Å². The highest BCUT2D eigenvalue weighted by atomic mass is 35.5. The topological polar surface area (TPSA) is 54.0 Å². The molecule has 0 unspecified atom stereocenters. The van der Waals surface area contributed by atoms with Gasteiger partial charge in [-0.25, -0.2) is 4.79 Å². The second-order valence-electron chi connectivity index (χ2n) is 5.95. The maximum atomic E-state index is 12.6. The standard InChI is InChI=1S/C19H22ClN3O3/c1-25-16-6-4-15(5-7-16)22-9-11-23(12-10-22)19(24)21-17-13-14(20)3-8-18(17)26-2/h3-8,13H,9-12H2,1-2H3,(H,21,24). The minimum absolute atomic E-state index is 0.153. The molecular formula is C19H22ClN3O3. The van der Waals surface area contributed by atoms with Gasteiger partial charge in [-0.2, -0.15) is 0 Å². The second-order valence-corrected chi connectivity index (χ2v) is 6.38. The number of carbonyl (C=O) groups is 1. The largest absolute Gasteiger partial charge is 0.497 e. The molecule has 1 aliphatic rings. The Morgan fingerprint density at radius 3 is 2.31 bits per heavy atom. The molecule has 2 aromatic carbocycles. The number of methoxy groups -OCH3 is 2. The van der Waals surface area contributed by atoms with Gasteiger partial charge in [0.2, 0.25) is 0 Å². The second kappa shape index (κ2) is 8.19. The summed E-state index contributed by atoms with van der Waals surface area (Å²) >= 11 is 6.02. The lowest BCUT2D eigenvalue weighted by molar-refractivity contribution is 0.208. The molecule has 0 aromatic heterocycles. The molecule has 1 heterocycles. The first kappa shape index (κ1) is 18.2. The molecule has 6 nitrogen and oxygen atoms in total. The zero-order valence-corrected chi connectivity index (χ0v) is 15.6. The number of carbonyl (C=O) groups excluding carboxylic acids is 1. The summed E-state index contributed by atoms with van der Waals surface area (Å²) in [7, 11) is 3.22. The van der Waals surface area contributed by atoms with Gasteiger partial charge >= 0.3 is 6.03 Å². The van der Waals surface area contributed by atoms with Crippen molar-refractivity contribution in [3.63, 3.8) is 0 Å². The predicted molar refractivity (Wildman–Crippen MR) is 104 cm³/mol. The maximum Gasteiger partial charge on any atom is 0.322 e. The van der Waals surface area contributed by atoms with Gasteiger partial charge in [-0.05, 0) is 42.5 Å². The van der Waals surface area contributed by atoms with Crippen LogP contribution in [0.2, 0.25) is 5.02 Å². The number of anilines is 2. The van der Waals surface area contributed by atoms with Crippen LogP contribution in [0.4, 0.5) is 16.2 Å². The number of ether oxygens (including phenoxy) is 2. The molecule has 0 saturated carbocycles. The van der Waals surface area contributed by atoms with E-state index in [0.29, 0.717) is 29.5 Å². The third-order valence-electron chi connectivity index (χ3n) is 4.41. The normalized spacial score (nSPS) is 14.1. The van der Waals surface area contributed by atoms with Crippen LogP contribution in [-0.4, -0.2) is 51.3 Å². The van der Waals surface area contributed by atoms with Crippen LogP contribution in [0.25, 0.3) is 0 Å². The van der Waals surface area contributed by atoms with Gasteiger partial charge in [0.05, 0.1) is 19.9 Å². The number of rotatable bonds is 4. The van der Waals surface area contributed by atoms with Crippen LogP contribution < -0.4 is 19.7 Å². The van der Waals surface area contributed by atoms with Gasteiger partial charge in [0.15, 0.2) is 0 Å². The van der Waals surface area contributed by atoms with Gasteiger partial charge in [-0.1, -0.05) is 11.6 Å². The predicted octanol–water partition coefficient (Wildman–Crippen LogP) is 3.71. The van der Waals surface area contributed by atoms with Gasteiger partial charge < -0.3 is 24.6 Å². The van der Waals surface area contributed by atoms with Crippen molar-refractivity contribution in [3.8, 4) is 11.5 Å². The first-order chi connectivity index (χ1) is 12.6. The average Bonchev–Trinajstić information content (AvgIpc) is 2.68. The van der Waals surface area contributed by atoms with Crippen molar-refractivity contribution in [2.45, 2.75) is 0 Å². The van der Waals surface area contributed by atoms with E-state index in [0.717, 1.165) is 24.5 Å². The molecule has 0 aliphatic carbocycles. The monoisotopic (exact) mass is 375 g/mol. The number of nitrogens with one attached hydrogen (secondary N) is 1. The van der Waals surface area contributed by atoms with Gasteiger partial charge in [-0.15, -0.1) is 0 Å². The van der Waals surface area contributed by atoms with Crippen LogP contribution in [-0.2, 0) is 0 Å². The highest BCUT2D eigenvalue weighted by molar-refractivity contribution is 6.31. The molecule has 0 bridgehead atoms. The number of urea groups is 1. The lowest BCUT2D eigenvalue weighted by Gasteiger charge is -2.36. The molecule has 138 valence electrons. The Labute approximate surface area is 158 Å². The summed E-state index contributed by atoms with van der Waals surface area (Å²) in [6, 6.07) is 12.9. The summed E-state index contributed by atoms with van der Waals surface area (Å²) in [5.41, 5.74) is 1.70. The summed E-state index contributed by atoms with van der Waals surface area (Å²) in [5, 5.41) is 3.43. The van der Waals surface area contributed by atoms with E-state index in [2.05, 4.69) is 10.2 Å². The van der Waals surface area contributed by atoms with Crippen LogP contribution in [0.1, 0.15) is 0 Å². The lowest BCUT2D eigenvalue weighted by Crippen LogP contribution is -2.50. The number of amides is 2. The molecule has 0 radical (unpaired) electrons. The first-order valence-electron chi connectivity index (χ1n) is 8.39. The molecule has 0 atom stereocenters. The summed E-state index contributed by atoms with van der Waals surface area (Å²) in [6.45, 7) is 2.82. The van der Waals surface area contributed by atoms with Crippen LogP contribution in [0.5, 0.6) is 11.5 Å². The van der Waals surface area contributed by atoms with Crippen molar-refractivity contribution >= 4 is 29.0 Å². The zero-order chi connectivity index (χ0) is 18.5. The van der Waals surface area contributed by atoms with Crippen molar-refractivity contribution in [1.82, 2.24) is 4.90 Å². The van der Waals surface area contributed by atoms with E-state index >= 15 is 0 Å². The fourth-order valence-corrected chi connectivity index (χ4v) is 3.11. The molecule has 7 heteroatoms. The van der Waals surface area contributed by atoms with Crippen LogP contribution in [0, 0.1) is 0 Å². The van der Waals surface area contributed by atoms with E-state index in [-0.39, 0.29) is 6.03 Å². The highest BCUT2D eigenvalue weighted by Crippen LogP contribution is 2.28. The summed E-state index contributed by atoms with van der Waals surface area (Å²) in [5.74, 6) is 1.42. The minimum Gasteiger partial charge on any atom is -0.497 e. The first-order valence-corrected chi connectivity index (χ1v) is 8.77. The average molecular weight is 376 g/mol. The molecule has 26 heavy (non-hydrogen) atoms. The van der Waals surface area contributed by atoms with Gasteiger partial charge in [0.25, 0.3) is 0 Å². The van der Waals surface area contributed by atoms with Gasteiger partial charge in [0.1, 0.15) is 11.5 Å². The minimum atomic E-state index is -0.153. The number of hydrogen-bond acceptors (Lipinski definition) is 4. The fourth-order valence-electron chi connectivity index (χ4n) is 2.93. The molecule has 2 amide bonds. The van der Waals surface area contributed by atoms with E-state index in [1.54, 1.807) is 37.3 Å². The van der Waals surface area contributed by atoms with E-state index in [1.165, 1.54) is 0 Å². The number of benzene rings is 2. The molecule has 1 aliphatic heterocycles. The SMILES string of the molecule is COc1ccc(N2CCN(C(=O)Nc3cc(Cl)ccc3OC)CC2)cc1. The van der Waals surface area contributed by atoms with Crippen molar-refractivity contribution in [2.75, 3.05) is 50.6 Å². The highest BCUT2D eigenvalue weighted by Gasteiger charge is 2.22. The smallest absolute Gasteiger partial charge is 0.322 e. The Balaban J connectivity index is 1.59. The van der Waals surface area contributed by atoms with Crippen molar-refractivity contribution < 1.29 is 14.3 Å². The lowest BCUT2D eigenvalue weighted by atomic mass is 10.2. The third-order valence-corrected chi connectivity index (χ3v) is 4.64. The van der Waals surface area contributed by atoms with Crippen LogP contribution in [0.3, 0.4) is 0 Å². The van der Waals surface area contributed by atoms with E-state index in [1.807, 2.05) is 24.3 Å². The Morgan fingerprint density at radius 2 is 1.69 bits per heavy atom. The van der Waals surface area contributed by atoms with E-state index in [4.69, 9.17) is 21.1 Å². The van der Waals surface area contributed by atoms with Crippen LogP contribution >= 0.6 is 11.6 Å². The van der Waals surface area contributed by atoms with E-state index in [9.17, 15) is 4.79 Å². The molecule has 0 spiro atoms. The fraction of sp³-hybridized carbons (Fsp3) is 0.316.